The van der Waals surface area contributed by atoms with E-state index in [1.54, 1.807) is 55.5 Å². The molecule has 0 bridgehead atoms. The molecule has 1 aromatic heterocycles. The lowest BCUT2D eigenvalue weighted by Gasteiger charge is -2.24. The molecule has 0 saturated carbocycles. The zero-order valence-corrected chi connectivity index (χ0v) is 19.4. The van der Waals surface area contributed by atoms with Gasteiger partial charge in [-0.15, -0.1) is 0 Å². The van der Waals surface area contributed by atoms with Crippen molar-refractivity contribution in [1.82, 2.24) is 4.57 Å². The minimum absolute atomic E-state index is 0.288. The lowest BCUT2D eigenvalue weighted by atomic mass is 9.96. The molecule has 1 atom stereocenters. The lowest BCUT2D eigenvalue weighted by molar-refractivity contribution is -0.136. The van der Waals surface area contributed by atoms with Crippen LogP contribution in [-0.2, 0) is 9.53 Å². The van der Waals surface area contributed by atoms with Crippen molar-refractivity contribution in [1.29, 1.82) is 0 Å². The lowest BCUT2D eigenvalue weighted by Crippen LogP contribution is -2.39. The Labute approximate surface area is 196 Å². The number of aromatic nitrogens is 1. The number of benzene rings is 2. The first-order chi connectivity index (χ1) is 14.8. The number of methoxy groups -OCH3 is 1. The summed E-state index contributed by atoms with van der Waals surface area (Å²) >= 11 is 19.5. The molecule has 31 heavy (non-hydrogen) atoms. The van der Waals surface area contributed by atoms with Crippen molar-refractivity contribution in [2.45, 2.75) is 13.0 Å². The fraction of sp³-hybridized carbons (Fsp3) is 0.136. The summed E-state index contributed by atoms with van der Waals surface area (Å²) in [5, 5.41) is 1.48. The van der Waals surface area contributed by atoms with Gasteiger partial charge in [0, 0.05) is 15.1 Å². The van der Waals surface area contributed by atoms with Gasteiger partial charge in [0.2, 0.25) is 0 Å². The van der Waals surface area contributed by atoms with Crippen molar-refractivity contribution < 1.29 is 9.53 Å². The number of esters is 1. The van der Waals surface area contributed by atoms with Crippen LogP contribution >= 0.6 is 46.1 Å². The molecule has 5 nitrogen and oxygen atoms in total. The number of hydrogen-bond donors (Lipinski definition) is 0. The smallest absolute Gasteiger partial charge is 0.338 e. The number of thiazole rings is 1. The fourth-order valence-electron chi connectivity index (χ4n) is 3.41. The van der Waals surface area contributed by atoms with Crippen LogP contribution in [0.2, 0.25) is 15.1 Å². The van der Waals surface area contributed by atoms with Crippen LogP contribution in [0.15, 0.2) is 63.5 Å². The average molecular weight is 494 g/mol. The summed E-state index contributed by atoms with van der Waals surface area (Å²) in [5.74, 6) is -0.545. The van der Waals surface area contributed by atoms with Gasteiger partial charge in [-0.1, -0.05) is 64.3 Å². The topological polar surface area (TPSA) is 60.7 Å². The monoisotopic (exact) mass is 492 g/mol. The SMILES string of the molecule is COC(=O)C1=C(C)N=c2s/c(=C/c3ccc(Cl)cc3Cl)c(=O)n2[C@@H]1c1ccc(Cl)cc1. The zero-order valence-electron chi connectivity index (χ0n) is 16.4. The Bertz CT molecular complexity index is 1410. The van der Waals surface area contributed by atoms with E-state index in [1.165, 1.54) is 23.0 Å². The molecule has 2 aromatic carbocycles. The first-order valence-corrected chi connectivity index (χ1v) is 11.1. The van der Waals surface area contributed by atoms with Gasteiger partial charge in [0.25, 0.3) is 5.56 Å². The number of halogens is 3. The van der Waals surface area contributed by atoms with Crippen LogP contribution in [0.4, 0.5) is 0 Å². The zero-order chi connectivity index (χ0) is 22.3. The van der Waals surface area contributed by atoms with Gasteiger partial charge in [-0.25, -0.2) is 9.79 Å². The van der Waals surface area contributed by atoms with Crippen molar-refractivity contribution >= 4 is 58.2 Å². The molecular formula is C22H15Cl3N2O3S. The highest BCUT2D eigenvalue weighted by Crippen LogP contribution is 2.31. The molecule has 0 fully saturated rings. The van der Waals surface area contributed by atoms with Crippen LogP contribution < -0.4 is 14.9 Å². The van der Waals surface area contributed by atoms with Crippen molar-refractivity contribution in [2.75, 3.05) is 7.11 Å². The molecular weight excluding hydrogens is 479 g/mol. The van der Waals surface area contributed by atoms with Gasteiger partial charge in [0.15, 0.2) is 4.80 Å². The minimum atomic E-state index is -0.691. The standard InChI is InChI=1S/C22H15Cl3N2O3S/c1-11-18(21(29)30-2)19(12-3-6-14(23)7-4-12)27-20(28)17(31-22(27)26-11)9-13-5-8-15(24)10-16(13)25/h3-10,19H,1-2H3/b17-9+/t19-/m1/s1. The van der Waals surface area contributed by atoms with E-state index in [9.17, 15) is 9.59 Å². The second-order valence-corrected chi connectivity index (χ2v) is 9.08. The Morgan fingerprint density at radius 1 is 1.13 bits per heavy atom. The Balaban J connectivity index is 1.98. The third-order valence-corrected chi connectivity index (χ3v) is 6.66. The van der Waals surface area contributed by atoms with E-state index in [1.807, 2.05) is 0 Å². The van der Waals surface area contributed by atoms with Gasteiger partial charge in [0.1, 0.15) is 0 Å². The molecule has 0 unspecified atom stereocenters. The highest BCUT2D eigenvalue weighted by atomic mass is 35.5. The first-order valence-electron chi connectivity index (χ1n) is 9.11. The normalized spacial score (nSPS) is 16.2. The van der Waals surface area contributed by atoms with Crippen molar-refractivity contribution in [3.63, 3.8) is 0 Å². The van der Waals surface area contributed by atoms with Crippen LogP contribution in [0.5, 0.6) is 0 Å². The largest absolute Gasteiger partial charge is 0.466 e. The summed E-state index contributed by atoms with van der Waals surface area (Å²) in [5.41, 5.74) is 1.88. The van der Waals surface area contributed by atoms with Crippen LogP contribution in [0.3, 0.4) is 0 Å². The minimum Gasteiger partial charge on any atom is -0.466 e. The fourth-order valence-corrected chi connectivity index (χ4v) is 5.04. The second kappa shape index (κ2) is 8.63. The summed E-state index contributed by atoms with van der Waals surface area (Å²) in [6.45, 7) is 1.72. The molecule has 158 valence electrons. The number of nitrogens with zero attached hydrogens (tertiary/aromatic N) is 2. The van der Waals surface area contributed by atoms with Crippen molar-refractivity contribution in [2.24, 2.45) is 4.99 Å². The molecule has 3 aromatic rings. The van der Waals surface area contributed by atoms with E-state index < -0.39 is 12.0 Å². The van der Waals surface area contributed by atoms with E-state index >= 15 is 0 Å². The van der Waals surface area contributed by atoms with E-state index in [0.717, 1.165) is 5.56 Å². The molecule has 1 aliphatic rings. The summed E-state index contributed by atoms with van der Waals surface area (Å²) in [7, 11) is 1.30. The number of carbonyl (C=O) groups excluding carboxylic acids is 1. The van der Waals surface area contributed by atoms with Gasteiger partial charge >= 0.3 is 5.97 Å². The molecule has 0 amide bonds. The molecule has 9 heteroatoms. The van der Waals surface area contributed by atoms with Crippen LogP contribution in [-0.4, -0.2) is 17.6 Å². The van der Waals surface area contributed by atoms with E-state index in [0.29, 0.717) is 41.2 Å². The average Bonchev–Trinajstić information content (AvgIpc) is 3.04. The molecule has 4 rings (SSSR count). The van der Waals surface area contributed by atoms with Crippen molar-refractivity contribution in [3.8, 4) is 0 Å². The van der Waals surface area contributed by atoms with Gasteiger partial charge < -0.3 is 4.74 Å². The number of fused-ring (bicyclic) bond motifs is 1. The summed E-state index contributed by atoms with van der Waals surface area (Å²) in [6.07, 6.45) is 1.69. The van der Waals surface area contributed by atoms with Crippen LogP contribution in [0, 0.1) is 0 Å². The Hall–Kier alpha value is -2.38. The summed E-state index contributed by atoms with van der Waals surface area (Å²) in [4.78, 5) is 31.0. The molecule has 0 saturated heterocycles. The highest BCUT2D eigenvalue weighted by molar-refractivity contribution is 7.07. The molecule has 0 N–H and O–H groups in total. The Morgan fingerprint density at radius 2 is 1.81 bits per heavy atom. The van der Waals surface area contributed by atoms with Crippen LogP contribution in [0.25, 0.3) is 6.08 Å². The molecule has 0 spiro atoms. The molecule has 1 aliphatic heterocycles. The first kappa shape index (κ1) is 21.8. The van der Waals surface area contributed by atoms with Gasteiger partial charge in [0.05, 0.1) is 29.0 Å². The van der Waals surface area contributed by atoms with Gasteiger partial charge in [-0.05, 0) is 48.4 Å². The quantitative estimate of drug-likeness (QED) is 0.509. The predicted octanol–water partition coefficient (Wildman–Crippen LogP) is 4.37. The number of rotatable bonds is 3. The maximum Gasteiger partial charge on any atom is 0.338 e. The van der Waals surface area contributed by atoms with E-state index in [-0.39, 0.29) is 5.56 Å². The van der Waals surface area contributed by atoms with E-state index in [2.05, 4.69) is 4.99 Å². The molecule has 2 heterocycles. The van der Waals surface area contributed by atoms with Crippen molar-refractivity contribution in [3.05, 3.63) is 99.6 Å². The maximum atomic E-state index is 13.4. The third kappa shape index (κ3) is 4.08. The molecule has 0 radical (unpaired) electrons. The summed E-state index contributed by atoms with van der Waals surface area (Å²) in [6, 6.07) is 11.3. The molecule has 0 aliphatic carbocycles. The maximum absolute atomic E-state index is 13.4. The number of ether oxygens (including phenoxy) is 1. The predicted molar refractivity (Wildman–Crippen MR) is 124 cm³/mol. The van der Waals surface area contributed by atoms with Gasteiger partial charge in [-0.3, -0.25) is 9.36 Å². The third-order valence-electron chi connectivity index (χ3n) is 4.86. The van der Waals surface area contributed by atoms with E-state index in [4.69, 9.17) is 39.5 Å². The van der Waals surface area contributed by atoms with Crippen LogP contribution in [0.1, 0.15) is 24.1 Å². The van der Waals surface area contributed by atoms with Gasteiger partial charge in [-0.2, -0.15) is 0 Å². The number of hydrogen-bond acceptors (Lipinski definition) is 5. The second-order valence-electron chi connectivity index (χ2n) is 6.79. The Morgan fingerprint density at radius 3 is 2.45 bits per heavy atom. The number of carbonyl (C=O) groups is 1. The number of allylic oxidation sites excluding steroid dienone is 1. The summed E-state index contributed by atoms with van der Waals surface area (Å²) < 4.78 is 6.92. The highest BCUT2D eigenvalue weighted by Gasteiger charge is 2.33. The Kier molecular flexibility index (Phi) is 6.08.